The number of nitriles is 1. The second-order valence-corrected chi connectivity index (χ2v) is 8.00. The lowest BCUT2D eigenvalue weighted by Crippen LogP contribution is -2.31. The molecular weight excluding hydrogens is 436 g/mol. The fourth-order valence-electron chi connectivity index (χ4n) is 2.83. The van der Waals surface area contributed by atoms with Crippen LogP contribution in [0.4, 0.5) is 10.1 Å². The van der Waals surface area contributed by atoms with Gasteiger partial charge in [-0.3, -0.25) is 9.59 Å². The van der Waals surface area contributed by atoms with Crippen molar-refractivity contribution in [3.8, 4) is 6.07 Å². The Labute approximate surface area is 180 Å². The lowest BCUT2D eigenvalue weighted by atomic mass is 9.87. The van der Waals surface area contributed by atoms with Gasteiger partial charge in [-0.15, -0.1) is 0 Å². The van der Waals surface area contributed by atoms with E-state index in [9.17, 15) is 19.2 Å². The minimum atomic E-state index is -0.495. The first kappa shape index (κ1) is 21.2. The Hall–Kier alpha value is -2.53. The van der Waals surface area contributed by atoms with Crippen LogP contribution in [0.3, 0.4) is 0 Å². The van der Waals surface area contributed by atoms with Gasteiger partial charge in [0.05, 0.1) is 33.1 Å². The van der Waals surface area contributed by atoms with E-state index in [4.69, 9.17) is 23.2 Å². The molecule has 0 radical (unpaired) electrons. The Kier molecular flexibility index (Phi) is 6.80. The van der Waals surface area contributed by atoms with E-state index in [1.54, 1.807) is 24.3 Å². The van der Waals surface area contributed by atoms with Crippen molar-refractivity contribution in [2.24, 2.45) is 0 Å². The first-order chi connectivity index (χ1) is 13.9. The van der Waals surface area contributed by atoms with Crippen LogP contribution in [-0.4, -0.2) is 17.6 Å². The van der Waals surface area contributed by atoms with Crippen molar-refractivity contribution in [3.05, 3.63) is 74.5 Å². The zero-order chi connectivity index (χ0) is 21.0. The third kappa shape index (κ3) is 5.30. The highest BCUT2D eigenvalue weighted by atomic mass is 35.5. The molecule has 148 valence electrons. The summed E-state index contributed by atoms with van der Waals surface area (Å²) >= 11 is 12.9. The smallest absolute Gasteiger partial charge is 0.234 e. The summed E-state index contributed by atoms with van der Waals surface area (Å²) in [6.07, 6.45) is 0.0746. The molecule has 0 aliphatic carbocycles. The van der Waals surface area contributed by atoms with Crippen molar-refractivity contribution < 1.29 is 14.0 Å². The monoisotopic (exact) mass is 449 g/mol. The molecule has 2 aromatic carbocycles. The van der Waals surface area contributed by atoms with Crippen molar-refractivity contribution in [2.45, 2.75) is 12.3 Å². The van der Waals surface area contributed by atoms with Gasteiger partial charge in [-0.25, -0.2) is 4.39 Å². The van der Waals surface area contributed by atoms with Crippen LogP contribution in [0.5, 0.6) is 0 Å². The molecule has 1 heterocycles. The van der Waals surface area contributed by atoms with Gasteiger partial charge in [0, 0.05) is 17.4 Å². The fraction of sp³-hybridized carbons (Fsp3) is 0.150. The molecule has 0 saturated heterocycles. The number of anilines is 1. The minimum Gasteiger partial charge on any atom is -0.324 e. The van der Waals surface area contributed by atoms with Crippen molar-refractivity contribution in [1.29, 1.82) is 5.26 Å². The van der Waals surface area contributed by atoms with Gasteiger partial charge in [-0.1, -0.05) is 47.1 Å². The molecule has 0 bridgehead atoms. The molecule has 0 spiro atoms. The Bertz CT molecular complexity index is 1040. The molecular formula is C20H14Cl2FN3O2S. The predicted octanol–water partition coefficient (Wildman–Crippen LogP) is 4.84. The number of nitrogens with one attached hydrogen (secondary N) is 2. The molecule has 5 nitrogen and oxygen atoms in total. The zero-order valence-corrected chi connectivity index (χ0v) is 17.2. The molecule has 1 aliphatic heterocycles. The number of carbonyl (C=O) groups excluding carboxylic acids is 2. The van der Waals surface area contributed by atoms with Crippen molar-refractivity contribution in [2.75, 3.05) is 11.1 Å². The summed E-state index contributed by atoms with van der Waals surface area (Å²) in [7, 11) is 0. The first-order valence-corrected chi connectivity index (χ1v) is 10.2. The van der Waals surface area contributed by atoms with Crippen LogP contribution < -0.4 is 10.6 Å². The van der Waals surface area contributed by atoms with Crippen LogP contribution >= 0.6 is 35.0 Å². The Morgan fingerprint density at radius 1 is 1.28 bits per heavy atom. The number of allylic oxidation sites excluding steroid dienone is 1. The highest BCUT2D eigenvalue weighted by Gasteiger charge is 2.29. The van der Waals surface area contributed by atoms with E-state index >= 15 is 0 Å². The zero-order valence-electron chi connectivity index (χ0n) is 14.8. The maximum absolute atomic E-state index is 13.2. The molecule has 9 heteroatoms. The number of hydrogen-bond donors (Lipinski definition) is 2. The van der Waals surface area contributed by atoms with Crippen LogP contribution in [0.2, 0.25) is 10.0 Å². The molecule has 1 aliphatic rings. The quantitative estimate of drug-likeness (QED) is 0.683. The number of benzene rings is 2. The highest BCUT2D eigenvalue weighted by Crippen LogP contribution is 2.36. The number of amides is 2. The number of thioether (sulfide) groups is 1. The minimum absolute atomic E-state index is 0.0457. The van der Waals surface area contributed by atoms with Crippen molar-refractivity contribution >= 4 is 52.5 Å². The Morgan fingerprint density at radius 3 is 2.66 bits per heavy atom. The summed E-state index contributed by atoms with van der Waals surface area (Å²) in [4.78, 5) is 24.4. The highest BCUT2D eigenvalue weighted by molar-refractivity contribution is 8.03. The second-order valence-electron chi connectivity index (χ2n) is 6.17. The average Bonchev–Trinajstić information content (AvgIpc) is 2.68. The van der Waals surface area contributed by atoms with Gasteiger partial charge in [-0.2, -0.15) is 5.26 Å². The topological polar surface area (TPSA) is 82.0 Å². The third-order valence-electron chi connectivity index (χ3n) is 4.18. The molecule has 1 atom stereocenters. The summed E-state index contributed by atoms with van der Waals surface area (Å²) in [5, 5.41) is 16.0. The molecule has 0 aromatic heterocycles. The number of nitrogens with zero attached hydrogens (tertiary/aromatic N) is 1. The van der Waals surface area contributed by atoms with Gasteiger partial charge in [0.1, 0.15) is 5.82 Å². The van der Waals surface area contributed by atoms with E-state index in [1.807, 2.05) is 0 Å². The standard InChI is InChI=1S/C20H14Cl2FN3O2S/c21-12-3-6-17(16(22)7-12)25-19(28)10-29-20-15(9-24)14(8-18(27)26-20)11-1-4-13(23)5-2-11/h1-7,14H,8,10H2,(H,25,28)(H,26,27)/t14-/m0/s1. The first-order valence-electron chi connectivity index (χ1n) is 8.44. The third-order valence-corrected chi connectivity index (χ3v) is 5.75. The van der Waals surface area contributed by atoms with Gasteiger partial charge in [0.2, 0.25) is 11.8 Å². The number of rotatable bonds is 5. The summed E-state index contributed by atoms with van der Waals surface area (Å²) in [5.74, 6) is -1.58. The van der Waals surface area contributed by atoms with Crippen LogP contribution in [0.15, 0.2) is 53.1 Å². The van der Waals surface area contributed by atoms with Gasteiger partial charge in [-0.05, 0) is 35.9 Å². The molecule has 0 saturated carbocycles. The largest absolute Gasteiger partial charge is 0.324 e. The Morgan fingerprint density at radius 2 is 2.00 bits per heavy atom. The Balaban J connectivity index is 1.75. The predicted molar refractivity (Wildman–Crippen MR) is 112 cm³/mol. The number of carbonyl (C=O) groups is 2. The summed E-state index contributed by atoms with van der Waals surface area (Å²) < 4.78 is 13.2. The maximum atomic E-state index is 13.2. The molecule has 2 aromatic rings. The van der Waals surface area contributed by atoms with Gasteiger partial charge in [0.15, 0.2) is 0 Å². The van der Waals surface area contributed by atoms with Gasteiger partial charge in [0.25, 0.3) is 0 Å². The lowest BCUT2D eigenvalue weighted by Gasteiger charge is -2.25. The van der Waals surface area contributed by atoms with E-state index in [1.165, 1.54) is 18.2 Å². The average molecular weight is 450 g/mol. The van der Waals surface area contributed by atoms with Crippen LogP contribution in [0, 0.1) is 17.1 Å². The van der Waals surface area contributed by atoms with Crippen LogP contribution in [-0.2, 0) is 9.59 Å². The van der Waals surface area contributed by atoms with Gasteiger partial charge < -0.3 is 10.6 Å². The van der Waals surface area contributed by atoms with E-state index in [2.05, 4.69) is 16.7 Å². The van der Waals surface area contributed by atoms with Crippen LogP contribution in [0.25, 0.3) is 0 Å². The molecule has 3 rings (SSSR count). The van der Waals surface area contributed by atoms with Gasteiger partial charge >= 0.3 is 0 Å². The van der Waals surface area contributed by atoms with Crippen molar-refractivity contribution in [3.63, 3.8) is 0 Å². The second kappa shape index (κ2) is 9.31. The van der Waals surface area contributed by atoms with E-state index < -0.39 is 11.7 Å². The molecule has 2 N–H and O–H groups in total. The van der Waals surface area contributed by atoms with E-state index in [0.717, 1.165) is 11.8 Å². The molecule has 2 amide bonds. The van der Waals surface area contributed by atoms with Crippen molar-refractivity contribution in [1.82, 2.24) is 5.32 Å². The number of halogens is 3. The fourth-order valence-corrected chi connectivity index (χ4v) is 4.16. The molecule has 29 heavy (non-hydrogen) atoms. The SMILES string of the molecule is N#CC1=C(SCC(=O)Nc2ccc(Cl)cc2Cl)NC(=O)C[C@H]1c1ccc(F)cc1. The van der Waals surface area contributed by atoms with E-state index in [0.29, 0.717) is 31.9 Å². The maximum Gasteiger partial charge on any atom is 0.234 e. The lowest BCUT2D eigenvalue weighted by molar-refractivity contribution is -0.121. The summed E-state index contributed by atoms with van der Waals surface area (Å²) in [6, 6.07) is 12.5. The molecule has 0 fully saturated rings. The number of hydrogen-bond acceptors (Lipinski definition) is 4. The van der Waals surface area contributed by atoms with E-state index in [-0.39, 0.29) is 24.0 Å². The molecule has 0 unspecified atom stereocenters. The summed E-state index contributed by atoms with van der Waals surface area (Å²) in [6.45, 7) is 0. The summed E-state index contributed by atoms with van der Waals surface area (Å²) in [5.41, 5.74) is 1.40. The normalized spacial score (nSPS) is 16.2. The van der Waals surface area contributed by atoms with Crippen LogP contribution in [0.1, 0.15) is 17.9 Å².